The third-order valence-corrected chi connectivity index (χ3v) is 12.6. The van der Waals surface area contributed by atoms with E-state index < -0.39 is 38.9 Å². The Hall–Kier alpha value is -3.75. The highest BCUT2D eigenvalue weighted by Crippen LogP contribution is 2.45. The summed E-state index contributed by atoms with van der Waals surface area (Å²) in [5.41, 5.74) is -1.25. The Morgan fingerprint density at radius 3 is 2.79 bits per heavy atom. The summed E-state index contributed by atoms with van der Waals surface area (Å²) in [5.74, 6) is -1.63. The normalized spacial score (nSPS) is 27.0. The van der Waals surface area contributed by atoms with Crippen molar-refractivity contribution in [2.45, 2.75) is 69.1 Å². The van der Waals surface area contributed by atoms with Crippen molar-refractivity contribution >= 4 is 37.5 Å². The fraction of sp³-hybridized carbons (Fsp3) is 0.500. The number of aromatic hydroxyl groups is 1. The van der Waals surface area contributed by atoms with Crippen LogP contribution in [0, 0.1) is 11.6 Å². The lowest BCUT2D eigenvalue weighted by molar-refractivity contribution is 0.107. The van der Waals surface area contributed by atoms with E-state index in [1.54, 1.807) is 6.92 Å². The lowest BCUT2D eigenvalue weighted by Crippen LogP contribution is -2.55. The van der Waals surface area contributed by atoms with Crippen molar-refractivity contribution < 1.29 is 31.4 Å². The molecule has 0 amide bonds. The van der Waals surface area contributed by atoms with Gasteiger partial charge in [0.2, 0.25) is 10.0 Å². The SMILES string of the molecule is CCc1c(F)ccc2cc(O)cc(-c3ncc4c(N5C6(CCCNC6)CCS5(=O)=O)nc(OC[C@@]56CCCN5C[C@H](F)C6)nc4c3F)c12. The molecule has 2 aromatic carbocycles. The van der Waals surface area contributed by atoms with Gasteiger partial charge >= 0.3 is 6.01 Å². The Morgan fingerprint density at radius 1 is 1.15 bits per heavy atom. The molecule has 4 saturated heterocycles. The first-order valence-electron chi connectivity index (χ1n) is 16.6. The van der Waals surface area contributed by atoms with Crippen LogP contribution in [0.3, 0.4) is 0 Å². The van der Waals surface area contributed by atoms with Gasteiger partial charge in [-0.15, -0.1) is 0 Å². The van der Waals surface area contributed by atoms with Crippen LogP contribution in [0.15, 0.2) is 30.5 Å². The largest absolute Gasteiger partial charge is 0.508 e. The molecule has 2 aromatic heterocycles. The Morgan fingerprint density at radius 2 is 2.00 bits per heavy atom. The van der Waals surface area contributed by atoms with E-state index in [1.165, 1.54) is 34.8 Å². The van der Waals surface area contributed by atoms with Crippen molar-refractivity contribution in [2.24, 2.45) is 0 Å². The molecule has 4 aliphatic heterocycles. The number of benzene rings is 2. The van der Waals surface area contributed by atoms with Crippen LogP contribution in [0.2, 0.25) is 0 Å². The molecule has 254 valence electrons. The number of piperidine rings is 1. The number of hydrogen-bond acceptors (Lipinski definition) is 9. The number of rotatable bonds is 6. The third-order valence-electron chi connectivity index (χ3n) is 10.8. The van der Waals surface area contributed by atoms with Gasteiger partial charge in [0.15, 0.2) is 11.6 Å². The number of pyridine rings is 1. The molecule has 3 atom stereocenters. The number of aryl methyl sites for hydroxylation is 1. The molecule has 4 fully saturated rings. The maximum atomic E-state index is 17.0. The smallest absolute Gasteiger partial charge is 0.319 e. The molecule has 2 N–H and O–H groups in total. The van der Waals surface area contributed by atoms with Gasteiger partial charge in [-0.1, -0.05) is 13.0 Å². The van der Waals surface area contributed by atoms with Gasteiger partial charge in [-0.05, 0) is 86.1 Å². The standard InChI is InChI=1S/C34H37F3N6O4S/c1-2-23-26(36)6-5-20-13-22(44)14-24(27(20)23)29-28(37)30-25(16-39-29)31(43-33(7-3-10-38-18-33)9-12-48(43,45)46)41-32(40-30)47-19-34-8-4-11-42(34)17-21(35)15-34/h5-6,13-14,16,21,38,44H,2-4,7-12,15,17-19H2,1H3/t21-,33?,34+/m1/s1. The Balaban J connectivity index is 1.33. The van der Waals surface area contributed by atoms with Crippen LogP contribution >= 0.6 is 0 Å². The third kappa shape index (κ3) is 4.89. The molecule has 0 saturated carbocycles. The van der Waals surface area contributed by atoms with Gasteiger partial charge in [0.25, 0.3) is 0 Å². The van der Waals surface area contributed by atoms with Gasteiger partial charge in [0.1, 0.15) is 35.6 Å². The van der Waals surface area contributed by atoms with Gasteiger partial charge in [-0.2, -0.15) is 9.97 Å². The minimum Gasteiger partial charge on any atom is -0.508 e. The highest BCUT2D eigenvalue weighted by Gasteiger charge is 2.52. The first kappa shape index (κ1) is 31.5. The van der Waals surface area contributed by atoms with E-state index in [-0.39, 0.29) is 52.1 Å². The number of halogens is 3. The molecule has 0 bridgehead atoms. The highest BCUT2D eigenvalue weighted by molar-refractivity contribution is 7.93. The van der Waals surface area contributed by atoms with E-state index in [9.17, 15) is 17.9 Å². The number of nitrogens with zero attached hydrogens (tertiary/aromatic N) is 5. The lowest BCUT2D eigenvalue weighted by atomic mass is 9.87. The summed E-state index contributed by atoms with van der Waals surface area (Å²) in [6.45, 7) is 4.06. The summed E-state index contributed by atoms with van der Waals surface area (Å²) >= 11 is 0. The average Bonchev–Trinajstić information content (AvgIpc) is 3.67. The van der Waals surface area contributed by atoms with Crippen LogP contribution in [0.1, 0.15) is 51.0 Å². The molecule has 0 radical (unpaired) electrons. The number of nitrogens with one attached hydrogen (secondary N) is 1. The monoisotopic (exact) mass is 682 g/mol. The lowest BCUT2D eigenvalue weighted by Gasteiger charge is -2.41. The van der Waals surface area contributed by atoms with E-state index in [1.807, 2.05) is 0 Å². The number of hydrogen-bond donors (Lipinski definition) is 2. The predicted octanol–water partition coefficient (Wildman–Crippen LogP) is 5.01. The summed E-state index contributed by atoms with van der Waals surface area (Å²) in [5, 5.41) is 14.9. The fourth-order valence-electron chi connectivity index (χ4n) is 8.61. The molecular weight excluding hydrogens is 645 g/mol. The van der Waals surface area contributed by atoms with Crippen molar-refractivity contribution in [3.05, 3.63) is 47.7 Å². The topological polar surface area (TPSA) is 121 Å². The van der Waals surface area contributed by atoms with Gasteiger partial charge < -0.3 is 15.2 Å². The van der Waals surface area contributed by atoms with E-state index in [2.05, 4.69) is 25.2 Å². The molecule has 4 aliphatic rings. The highest BCUT2D eigenvalue weighted by atomic mass is 32.2. The van der Waals surface area contributed by atoms with Crippen molar-refractivity contribution in [3.8, 4) is 23.0 Å². The van der Waals surface area contributed by atoms with Gasteiger partial charge in [-0.3, -0.25) is 9.88 Å². The van der Waals surface area contributed by atoms with Crippen LogP contribution in [-0.2, 0) is 16.4 Å². The summed E-state index contributed by atoms with van der Waals surface area (Å²) in [4.78, 5) is 15.7. The van der Waals surface area contributed by atoms with Crippen molar-refractivity contribution in [3.63, 3.8) is 0 Å². The maximum Gasteiger partial charge on any atom is 0.319 e. The number of anilines is 1. The van der Waals surface area contributed by atoms with Crippen LogP contribution in [-0.4, -0.2) is 89.2 Å². The molecular formula is C34H37F3N6O4S. The minimum absolute atomic E-state index is 0.0224. The van der Waals surface area contributed by atoms with Gasteiger partial charge in [0.05, 0.1) is 22.2 Å². The molecule has 10 nitrogen and oxygen atoms in total. The first-order valence-corrected chi connectivity index (χ1v) is 18.2. The summed E-state index contributed by atoms with van der Waals surface area (Å²) < 4.78 is 81.6. The number of fused-ring (bicyclic) bond motifs is 3. The first-order chi connectivity index (χ1) is 23.0. The number of sulfonamides is 1. The van der Waals surface area contributed by atoms with E-state index >= 15 is 8.78 Å². The van der Waals surface area contributed by atoms with Gasteiger partial charge in [-0.25, -0.2) is 25.9 Å². The number of phenolic OH excluding ortho intramolecular Hbond substituents is 1. The molecule has 6 heterocycles. The van der Waals surface area contributed by atoms with Crippen LogP contribution in [0.5, 0.6) is 11.8 Å². The molecule has 4 aromatic rings. The molecule has 1 unspecified atom stereocenters. The minimum atomic E-state index is -3.87. The maximum absolute atomic E-state index is 17.0. The summed E-state index contributed by atoms with van der Waals surface area (Å²) in [6, 6.07) is 5.43. The fourth-order valence-corrected chi connectivity index (χ4v) is 10.7. The summed E-state index contributed by atoms with van der Waals surface area (Å²) in [7, 11) is -3.87. The predicted molar refractivity (Wildman–Crippen MR) is 175 cm³/mol. The molecule has 14 heteroatoms. The van der Waals surface area contributed by atoms with Crippen molar-refractivity contribution in [1.82, 2.24) is 25.2 Å². The average molecular weight is 683 g/mol. The molecule has 0 aliphatic carbocycles. The van der Waals surface area contributed by atoms with E-state index in [0.717, 1.165) is 32.4 Å². The second-order valence-electron chi connectivity index (χ2n) is 13.7. The number of alkyl halides is 1. The Bertz CT molecular complexity index is 2060. The number of aromatic nitrogens is 3. The number of ether oxygens (including phenoxy) is 1. The zero-order valence-corrected chi connectivity index (χ0v) is 27.4. The second kappa shape index (κ2) is 11.4. The second-order valence-corrected chi connectivity index (χ2v) is 15.6. The van der Waals surface area contributed by atoms with Crippen molar-refractivity contribution in [1.29, 1.82) is 0 Å². The van der Waals surface area contributed by atoms with Crippen LogP contribution < -0.4 is 14.4 Å². The van der Waals surface area contributed by atoms with Crippen molar-refractivity contribution in [2.75, 3.05) is 42.8 Å². The zero-order valence-electron chi connectivity index (χ0n) is 26.6. The quantitative estimate of drug-likeness (QED) is 0.289. The Kier molecular flexibility index (Phi) is 7.49. The molecule has 48 heavy (non-hydrogen) atoms. The van der Waals surface area contributed by atoms with Gasteiger partial charge in [0, 0.05) is 31.3 Å². The van der Waals surface area contributed by atoms with Crippen LogP contribution in [0.25, 0.3) is 32.9 Å². The zero-order chi connectivity index (χ0) is 33.4. The van der Waals surface area contributed by atoms with E-state index in [4.69, 9.17) is 4.74 Å². The molecule has 1 spiro atoms. The van der Waals surface area contributed by atoms with E-state index in [0.29, 0.717) is 55.1 Å². The Labute approximate surface area is 276 Å². The number of phenols is 1. The summed E-state index contributed by atoms with van der Waals surface area (Å²) in [6.07, 6.45) is 4.28. The van der Waals surface area contributed by atoms with Crippen LogP contribution in [0.4, 0.5) is 19.0 Å². The molecule has 8 rings (SSSR count).